The van der Waals surface area contributed by atoms with Crippen LogP contribution in [0.3, 0.4) is 0 Å². The first-order valence-electron chi connectivity index (χ1n) is 10.5. The molecule has 176 valence electrons. The Hall–Kier alpha value is 5.11. The minimum atomic E-state index is -1.75. The van der Waals surface area contributed by atoms with Crippen molar-refractivity contribution in [3.8, 4) is 0 Å². The molecule has 0 spiro atoms. The molecule has 0 aliphatic heterocycles. The van der Waals surface area contributed by atoms with Crippen molar-refractivity contribution in [2.45, 2.75) is 124 Å². The molecule has 30 heavy (non-hydrogen) atoms. The van der Waals surface area contributed by atoms with Gasteiger partial charge in [-0.25, -0.2) is 0 Å². The Morgan fingerprint density at radius 2 is 0.667 bits per heavy atom. The van der Waals surface area contributed by atoms with E-state index in [2.05, 4.69) is 32.7 Å². The Labute approximate surface area is 296 Å². The number of rotatable bonds is 3. The van der Waals surface area contributed by atoms with E-state index < -0.39 is 16.9 Å². The molecule has 0 bridgehead atoms. The van der Waals surface area contributed by atoms with Gasteiger partial charge in [-0.2, -0.15) is 0 Å². The Bertz CT molecular complexity index is 239. The topological polar surface area (TPSA) is 18.5 Å². The molecule has 0 unspecified atom stereocenters. The zero-order chi connectivity index (χ0) is 18.9. The maximum Gasteiger partial charge on any atom is 0.321 e. The van der Waals surface area contributed by atoms with Crippen LogP contribution >= 0.6 is 0 Å². The van der Waals surface area contributed by atoms with Gasteiger partial charge in [0.05, 0.1) is 0 Å². The number of hydrogen-bond acceptors (Lipinski definition) is 2. The van der Waals surface area contributed by atoms with Crippen LogP contribution in [0.5, 0.6) is 0 Å². The summed E-state index contributed by atoms with van der Waals surface area (Å²) in [6.45, 7) is 14.7. The molecule has 3 aliphatic rings. The van der Waals surface area contributed by atoms with Gasteiger partial charge in [-0.05, 0) is 32.7 Å². The van der Waals surface area contributed by atoms with Crippen LogP contribution in [0.15, 0.2) is 0 Å². The third-order valence-corrected chi connectivity index (χ3v) is 9.44. The van der Waals surface area contributed by atoms with Gasteiger partial charge in [0, 0.05) is 152 Å². The molecule has 0 N–H and O–H groups in total. The smallest absolute Gasteiger partial charge is 0.321 e. The van der Waals surface area contributed by atoms with E-state index in [0.717, 1.165) is 0 Å². The molecule has 0 aromatic rings. The van der Waals surface area contributed by atoms with Crippen molar-refractivity contribution in [2.24, 2.45) is 0 Å². The Morgan fingerprint density at radius 3 is 0.700 bits per heavy atom. The molecule has 0 saturated heterocycles. The van der Waals surface area contributed by atoms with Crippen LogP contribution in [-0.4, -0.2) is 24.0 Å². The van der Waals surface area contributed by atoms with E-state index in [4.69, 9.17) is 8.54 Å². The van der Waals surface area contributed by atoms with Crippen LogP contribution in [0.4, 0.5) is 0 Å². The summed E-state index contributed by atoms with van der Waals surface area (Å²) in [6, 6.07) is 0. The van der Waals surface area contributed by atoms with Gasteiger partial charge in [0.25, 0.3) is 0 Å². The second kappa shape index (κ2) is 38.6. The summed E-state index contributed by atoms with van der Waals surface area (Å²) >= 11 is 0. The summed E-state index contributed by atoms with van der Waals surface area (Å²) in [5.41, 5.74) is 0. The molecule has 0 heterocycles. The van der Waals surface area contributed by atoms with Crippen LogP contribution in [0, 0.1) is 0 Å². The van der Waals surface area contributed by atoms with Gasteiger partial charge in [0.2, 0.25) is 0 Å². The number of hydrogen-bond donors (Lipinski definition) is 0. The Kier molecular flexibility index (Phi) is 71.6. The van der Waals surface area contributed by atoms with Crippen molar-refractivity contribution in [3.63, 3.8) is 0 Å². The van der Waals surface area contributed by atoms with E-state index in [0.29, 0.717) is 0 Å². The Morgan fingerprint density at radius 1 is 0.500 bits per heavy atom. The third-order valence-electron chi connectivity index (χ3n) is 4.04. The van der Waals surface area contributed by atoms with Gasteiger partial charge in [-0.3, -0.25) is 0 Å². The third kappa shape index (κ3) is 50.1. The fraction of sp³-hybridized carbons (Fsp3) is 1.00. The molecule has 2 nitrogen and oxygen atoms in total. The standard InChI is InChI=1S/C6H18O2Si2.3C4H8.C2H6.2V.2W.2Y/c1-7-10(5,6)8-9(2,3)4;3*1-2-4-3-1;1-2;;;;;;/h1-6H3;3*1-4H2;1-2H3;;;;;;. The molecular weight excluding hydrogens is 976 g/mol. The molecule has 4 radical (unpaired) electrons. The van der Waals surface area contributed by atoms with Crippen molar-refractivity contribution >= 4 is 16.9 Å². The molecule has 3 aliphatic carbocycles. The molecule has 0 atom stereocenters. The van der Waals surface area contributed by atoms with Gasteiger partial charge in [-0.1, -0.05) is 90.9 Å². The molecular formula is C20H48O2Si2V2W2Y2. The van der Waals surface area contributed by atoms with Gasteiger partial charge >= 0.3 is 8.56 Å². The average molecular weight is 1020 g/mol. The van der Waals surface area contributed by atoms with E-state index in [1.54, 1.807) is 7.11 Å². The van der Waals surface area contributed by atoms with Crippen molar-refractivity contribution in [2.75, 3.05) is 7.11 Å². The largest absolute Gasteiger partial charge is 0.436 e. The van der Waals surface area contributed by atoms with E-state index in [1.165, 1.54) is 77.0 Å². The van der Waals surface area contributed by atoms with Crippen LogP contribution in [0.1, 0.15) is 90.9 Å². The fourth-order valence-electron chi connectivity index (χ4n) is 1.53. The second-order valence-corrected chi connectivity index (χ2v) is 16.3. The Balaban J connectivity index is -0.0000000347. The van der Waals surface area contributed by atoms with Crippen molar-refractivity contribution in [1.29, 1.82) is 0 Å². The van der Waals surface area contributed by atoms with E-state index in [-0.39, 0.29) is 145 Å². The predicted octanol–water partition coefficient (Wildman–Crippen LogP) is 7.88. The molecule has 0 aromatic heterocycles. The summed E-state index contributed by atoms with van der Waals surface area (Å²) < 4.78 is 11.1. The van der Waals surface area contributed by atoms with E-state index >= 15 is 0 Å². The summed E-state index contributed by atoms with van der Waals surface area (Å²) in [6.07, 6.45) is 18.0. The van der Waals surface area contributed by atoms with E-state index in [1.807, 2.05) is 13.8 Å². The van der Waals surface area contributed by atoms with Gasteiger partial charge in [0.1, 0.15) is 0 Å². The van der Waals surface area contributed by atoms with Crippen molar-refractivity contribution in [1.82, 2.24) is 0 Å². The molecule has 0 amide bonds. The van der Waals surface area contributed by atoms with Crippen LogP contribution in [0.2, 0.25) is 32.7 Å². The first kappa shape index (κ1) is 55.6. The quantitative estimate of drug-likeness (QED) is 0.268. The normalized spacial score (nSPS) is 14.4. The first-order chi connectivity index (χ1) is 11.3. The molecule has 3 rings (SSSR count). The van der Waals surface area contributed by atoms with Gasteiger partial charge < -0.3 is 8.54 Å². The summed E-state index contributed by atoms with van der Waals surface area (Å²) in [5, 5.41) is 0. The fourth-order valence-corrected chi connectivity index (χ4v) is 7.76. The second-order valence-electron chi connectivity index (χ2n) is 8.06. The SMILES string of the molecule is C1CCC1.C1CCC1.C1CCC1.CC.CO[Si](C)(C)O[Si](C)(C)C.[V].[V].[W].[W].[Y].[Y]. The minimum absolute atomic E-state index is 0. The maximum atomic E-state index is 5.83. The zero-order valence-electron chi connectivity index (χ0n) is 21.2. The molecule has 3 saturated carbocycles. The zero-order valence-corrected chi connectivity index (χ0v) is 37.5. The van der Waals surface area contributed by atoms with Crippen LogP contribution in [0.25, 0.3) is 0 Å². The maximum absolute atomic E-state index is 5.83. The molecule has 10 heteroatoms. The minimum Gasteiger partial charge on any atom is -0.436 e. The summed E-state index contributed by atoms with van der Waals surface area (Å²) in [4.78, 5) is 0. The first-order valence-corrected chi connectivity index (χ1v) is 16.7. The predicted molar refractivity (Wildman–Crippen MR) is 116 cm³/mol. The van der Waals surface area contributed by atoms with Crippen molar-refractivity contribution in [3.05, 3.63) is 0 Å². The van der Waals surface area contributed by atoms with Gasteiger partial charge in [0.15, 0.2) is 8.32 Å². The summed E-state index contributed by atoms with van der Waals surface area (Å²) in [7, 11) is -1.40. The van der Waals surface area contributed by atoms with Crippen LogP contribution < -0.4 is 0 Å². The summed E-state index contributed by atoms with van der Waals surface area (Å²) in [5.74, 6) is 0. The monoisotopic (exact) mass is 1020 g/mol. The average Bonchev–Trinajstić information content (AvgIpc) is 2.21. The van der Waals surface area contributed by atoms with Crippen molar-refractivity contribution < 1.29 is 153 Å². The van der Waals surface area contributed by atoms with Crippen LogP contribution in [-0.2, 0) is 153 Å². The molecule has 0 aromatic carbocycles. The van der Waals surface area contributed by atoms with E-state index in [9.17, 15) is 0 Å². The van der Waals surface area contributed by atoms with Gasteiger partial charge in [-0.15, -0.1) is 0 Å². The molecule has 3 fully saturated rings.